The van der Waals surface area contributed by atoms with Crippen molar-refractivity contribution in [3.8, 4) is 0 Å². The largest absolute Gasteiger partial charge is 0.472 e. The van der Waals surface area contributed by atoms with Gasteiger partial charge in [-0.3, -0.25) is 37.3 Å². The van der Waals surface area contributed by atoms with Crippen LogP contribution in [0.25, 0.3) is 0 Å². The molecule has 0 saturated carbocycles. The highest BCUT2D eigenvalue weighted by atomic mass is 31.2. The molecule has 17 nitrogen and oxygen atoms in total. The minimum atomic E-state index is -4.96. The standard InChI is InChI=1S/C81H158O17P2/c1-7-10-12-14-16-18-19-20-21-22-23-27-30-33-40-46-52-58-64-79(84)92-70-77(97-80(85)65-59-53-47-41-34-31-28-25-24-26-29-32-38-43-49-55-61-73(4)5)72-96-100(89,90)94-68-75(82)67-93-99(87,88)95-71-76(69-91-78(83)63-57-51-45-37-17-15-13-11-8-2)98-81(86)66-60-54-48-42-36-35-39-44-50-56-62-74(6)9-3/h73-77,82H,7-72H2,1-6H3,(H,87,88)(H,89,90)/t74?,75-,76+,77+/m0/s1. The number of unbranched alkanes of at least 4 members (excludes halogenated alkanes) is 49. The van der Waals surface area contributed by atoms with Crippen LogP contribution in [0.15, 0.2) is 0 Å². The van der Waals surface area contributed by atoms with Crippen molar-refractivity contribution in [3.05, 3.63) is 0 Å². The average Bonchev–Trinajstić information content (AvgIpc) is 0.934. The molecular formula is C81H158O17P2. The van der Waals surface area contributed by atoms with E-state index in [1.54, 1.807) is 0 Å². The van der Waals surface area contributed by atoms with E-state index in [4.69, 9.17) is 37.0 Å². The lowest BCUT2D eigenvalue weighted by Gasteiger charge is -2.21. The van der Waals surface area contributed by atoms with E-state index < -0.39 is 97.5 Å². The Morgan fingerprint density at radius 3 is 0.760 bits per heavy atom. The molecule has 0 aliphatic heterocycles. The predicted octanol–water partition coefficient (Wildman–Crippen LogP) is 24.3. The molecule has 0 fully saturated rings. The van der Waals surface area contributed by atoms with Gasteiger partial charge < -0.3 is 33.8 Å². The Morgan fingerprint density at radius 2 is 0.510 bits per heavy atom. The lowest BCUT2D eigenvalue weighted by molar-refractivity contribution is -0.161. The Bertz CT molecular complexity index is 1930. The molecule has 0 radical (unpaired) electrons. The molecule has 3 unspecified atom stereocenters. The second-order valence-electron chi connectivity index (χ2n) is 29.9. The molecule has 0 rings (SSSR count). The Labute approximate surface area is 613 Å². The zero-order valence-electron chi connectivity index (χ0n) is 65.5. The third kappa shape index (κ3) is 73.0. The number of carbonyl (C=O) groups is 4. The van der Waals surface area contributed by atoms with E-state index in [9.17, 15) is 43.2 Å². The third-order valence-corrected chi connectivity index (χ3v) is 21.2. The molecule has 6 atom stereocenters. The minimum Gasteiger partial charge on any atom is -0.462 e. The van der Waals surface area contributed by atoms with E-state index >= 15 is 0 Å². The molecule has 19 heteroatoms. The van der Waals surface area contributed by atoms with Gasteiger partial charge in [-0.25, -0.2) is 9.13 Å². The highest BCUT2D eigenvalue weighted by Gasteiger charge is 2.30. The zero-order chi connectivity index (χ0) is 73.5. The van der Waals surface area contributed by atoms with Crippen LogP contribution in [0.3, 0.4) is 0 Å². The third-order valence-electron chi connectivity index (χ3n) is 19.3. The zero-order valence-corrected chi connectivity index (χ0v) is 67.3. The van der Waals surface area contributed by atoms with Gasteiger partial charge in [0.1, 0.15) is 19.3 Å². The van der Waals surface area contributed by atoms with Gasteiger partial charge in [0.25, 0.3) is 0 Å². The predicted molar refractivity (Wildman–Crippen MR) is 409 cm³/mol. The number of phosphoric ester groups is 2. The highest BCUT2D eigenvalue weighted by molar-refractivity contribution is 7.47. The first-order valence-corrected chi connectivity index (χ1v) is 45.0. The van der Waals surface area contributed by atoms with Crippen LogP contribution in [0.2, 0.25) is 0 Å². The molecule has 0 aliphatic carbocycles. The Hall–Kier alpha value is -1.94. The molecule has 0 aliphatic rings. The van der Waals surface area contributed by atoms with Crippen LogP contribution in [-0.4, -0.2) is 96.7 Å². The summed E-state index contributed by atoms with van der Waals surface area (Å²) in [7, 11) is -9.92. The van der Waals surface area contributed by atoms with Gasteiger partial charge in [0.05, 0.1) is 26.4 Å². The maximum atomic E-state index is 13.1. The molecule has 3 N–H and O–H groups in total. The van der Waals surface area contributed by atoms with Crippen molar-refractivity contribution in [2.24, 2.45) is 11.8 Å². The molecule has 0 aromatic heterocycles. The molecule has 0 amide bonds. The van der Waals surface area contributed by atoms with Gasteiger partial charge in [0.2, 0.25) is 0 Å². The summed E-state index contributed by atoms with van der Waals surface area (Å²) in [6, 6.07) is 0. The smallest absolute Gasteiger partial charge is 0.462 e. The summed E-state index contributed by atoms with van der Waals surface area (Å²) in [5.41, 5.74) is 0. The summed E-state index contributed by atoms with van der Waals surface area (Å²) in [6.45, 7) is 9.67. The van der Waals surface area contributed by atoms with E-state index in [0.717, 1.165) is 102 Å². The van der Waals surface area contributed by atoms with Crippen molar-refractivity contribution in [2.45, 2.75) is 445 Å². The van der Waals surface area contributed by atoms with E-state index in [0.29, 0.717) is 25.7 Å². The monoisotopic (exact) mass is 1470 g/mol. The van der Waals surface area contributed by atoms with Gasteiger partial charge in [0.15, 0.2) is 12.2 Å². The van der Waals surface area contributed by atoms with Crippen molar-refractivity contribution in [1.29, 1.82) is 0 Å². The summed E-state index contributed by atoms with van der Waals surface area (Å²) < 4.78 is 68.7. The van der Waals surface area contributed by atoms with Crippen LogP contribution in [0, 0.1) is 11.8 Å². The molecule has 0 bridgehead atoms. The maximum Gasteiger partial charge on any atom is 0.472 e. The van der Waals surface area contributed by atoms with Crippen LogP contribution in [0.5, 0.6) is 0 Å². The normalized spacial score (nSPS) is 14.2. The summed E-state index contributed by atoms with van der Waals surface area (Å²) >= 11 is 0. The van der Waals surface area contributed by atoms with Crippen LogP contribution in [0.4, 0.5) is 0 Å². The number of carbonyl (C=O) groups excluding carboxylic acids is 4. The highest BCUT2D eigenvalue weighted by Crippen LogP contribution is 2.45. The molecule has 100 heavy (non-hydrogen) atoms. The van der Waals surface area contributed by atoms with Crippen molar-refractivity contribution >= 4 is 39.5 Å². The van der Waals surface area contributed by atoms with Crippen LogP contribution < -0.4 is 0 Å². The lowest BCUT2D eigenvalue weighted by Crippen LogP contribution is -2.30. The Balaban J connectivity index is 5.22. The summed E-state index contributed by atoms with van der Waals surface area (Å²) in [6.07, 6.45) is 62.4. The van der Waals surface area contributed by atoms with Gasteiger partial charge in [-0.1, -0.05) is 375 Å². The first-order chi connectivity index (χ1) is 48.4. The van der Waals surface area contributed by atoms with Crippen molar-refractivity contribution in [3.63, 3.8) is 0 Å². The lowest BCUT2D eigenvalue weighted by atomic mass is 9.99. The van der Waals surface area contributed by atoms with Crippen molar-refractivity contribution in [1.82, 2.24) is 0 Å². The van der Waals surface area contributed by atoms with Gasteiger partial charge in [0, 0.05) is 25.7 Å². The van der Waals surface area contributed by atoms with Gasteiger partial charge in [-0.05, 0) is 37.5 Å². The number of esters is 4. The summed E-state index contributed by atoms with van der Waals surface area (Å²) in [5, 5.41) is 10.6. The number of hydrogen-bond donors (Lipinski definition) is 3. The summed E-state index contributed by atoms with van der Waals surface area (Å²) in [4.78, 5) is 73.0. The topological polar surface area (TPSA) is 237 Å². The fourth-order valence-corrected chi connectivity index (χ4v) is 14.1. The fraction of sp³-hybridized carbons (Fsp3) is 0.951. The van der Waals surface area contributed by atoms with Gasteiger partial charge in [-0.15, -0.1) is 0 Å². The van der Waals surface area contributed by atoms with Crippen LogP contribution >= 0.6 is 15.6 Å². The van der Waals surface area contributed by atoms with E-state index in [-0.39, 0.29) is 25.7 Å². The maximum absolute atomic E-state index is 13.1. The molecule has 0 heterocycles. The minimum absolute atomic E-state index is 0.106. The second-order valence-corrected chi connectivity index (χ2v) is 32.8. The SMILES string of the molecule is CCCCCCCCCCCCCCCCCCCCC(=O)OC[C@H](COP(=O)(O)OC[C@@H](O)COP(=O)(O)OC[C@@H](COC(=O)CCCCCCCCCCC)OC(=O)CCCCCCCCCCCCC(C)CC)OC(=O)CCCCCCCCCCCCCCCCCCC(C)C. The van der Waals surface area contributed by atoms with E-state index in [1.165, 1.54) is 244 Å². The number of aliphatic hydroxyl groups is 1. The average molecular weight is 1470 g/mol. The number of phosphoric acid groups is 2. The number of hydrogen-bond acceptors (Lipinski definition) is 15. The van der Waals surface area contributed by atoms with E-state index in [2.05, 4.69) is 41.5 Å². The number of rotatable bonds is 80. The Morgan fingerprint density at radius 1 is 0.290 bits per heavy atom. The van der Waals surface area contributed by atoms with Crippen LogP contribution in [0.1, 0.15) is 427 Å². The molecular weight excluding hydrogens is 1310 g/mol. The van der Waals surface area contributed by atoms with Crippen molar-refractivity contribution in [2.75, 3.05) is 39.6 Å². The second kappa shape index (κ2) is 72.6. The van der Waals surface area contributed by atoms with Crippen LogP contribution in [-0.2, 0) is 65.4 Å². The molecule has 594 valence electrons. The summed E-state index contributed by atoms with van der Waals surface area (Å²) in [5.74, 6) is -0.497. The fourth-order valence-electron chi connectivity index (χ4n) is 12.5. The van der Waals surface area contributed by atoms with Gasteiger partial charge >= 0.3 is 39.5 Å². The Kier molecular flexibility index (Phi) is 71.2. The van der Waals surface area contributed by atoms with Gasteiger partial charge in [-0.2, -0.15) is 0 Å². The van der Waals surface area contributed by atoms with Crippen molar-refractivity contribution < 1.29 is 80.2 Å². The molecule has 0 spiro atoms. The molecule has 0 aromatic rings. The molecule has 0 aromatic carbocycles. The first kappa shape index (κ1) is 98.1. The molecule has 0 saturated heterocycles. The van der Waals surface area contributed by atoms with E-state index in [1.807, 2.05) is 0 Å². The first-order valence-electron chi connectivity index (χ1n) is 42.0. The number of ether oxygens (including phenoxy) is 4. The number of aliphatic hydroxyl groups excluding tert-OH is 1. The quantitative estimate of drug-likeness (QED) is 0.0222.